The molecule has 0 saturated heterocycles. The van der Waals surface area contributed by atoms with E-state index in [1.807, 2.05) is 6.92 Å². The van der Waals surface area contributed by atoms with Crippen molar-refractivity contribution in [2.24, 2.45) is 0 Å². The Morgan fingerprint density at radius 3 is 2.62 bits per heavy atom. The van der Waals surface area contributed by atoms with Gasteiger partial charge in [0.15, 0.2) is 0 Å². The van der Waals surface area contributed by atoms with Gasteiger partial charge in [-0.05, 0) is 25.8 Å². The Labute approximate surface area is 124 Å². The summed E-state index contributed by atoms with van der Waals surface area (Å²) in [5.41, 5.74) is 2.36. The van der Waals surface area contributed by atoms with Crippen LogP contribution in [0.4, 0.5) is 10.2 Å². The van der Waals surface area contributed by atoms with Gasteiger partial charge in [0.25, 0.3) is 0 Å². The highest BCUT2D eigenvalue weighted by Gasteiger charge is 2.13. The Morgan fingerprint density at radius 1 is 1.14 bits per heavy atom. The van der Waals surface area contributed by atoms with Crippen LogP contribution in [0.2, 0.25) is 0 Å². The number of aryl methyl sites for hydroxylation is 1. The highest BCUT2D eigenvalue weighted by molar-refractivity contribution is 5.67. The molecule has 0 fully saturated rings. The van der Waals surface area contributed by atoms with Crippen molar-refractivity contribution in [3.8, 4) is 11.3 Å². The standard InChI is InChI=1S/C16H21FN4/c1-4-6-14-20-15(12-8-13(17)10-18-9-12)11(3)16(21-14)19-7-5-2/h8-10H,4-7H2,1-3H3,(H,19,20,21). The van der Waals surface area contributed by atoms with Crippen LogP contribution in [0.25, 0.3) is 11.3 Å². The van der Waals surface area contributed by atoms with E-state index in [-0.39, 0.29) is 5.82 Å². The van der Waals surface area contributed by atoms with Crippen LogP contribution >= 0.6 is 0 Å². The summed E-state index contributed by atoms with van der Waals surface area (Å²) in [5.74, 6) is 1.25. The number of nitrogens with one attached hydrogen (secondary N) is 1. The summed E-state index contributed by atoms with van der Waals surface area (Å²) in [6.45, 7) is 7.00. The SMILES string of the molecule is CCCNc1nc(CCC)nc(-c2cncc(F)c2)c1C. The highest BCUT2D eigenvalue weighted by Crippen LogP contribution is 2.26. The largest absolute Gasteiger partial charge is 0.370 e. The Morgan fingerprint density at radius 2 is 1.95 bits per heavy atom. The van der Waals surface area contributed by atoms with E-state index in [9.17, 15) is 4.39 Å². The van der Waals surface area contributed by atoms with Crippen molar-refractivity contribution < 1.29 is 4.39 Å². The van der Waals surface area contributed by atoms with Crippen LogP contribution in [0.5, 0.6) is 0 Å². The van der Waals surface area contributed by atoms with Crippen molar-refractivity contribution >= 4 is 5.82 Å². The van der Waals surface area contributed by atoms with E-state index in [1.165, 1.54) is 12.3 Å². The molecule has 1 N–H and O–H groups in total. The Hall–Kier alpha value is -2.04. The fraction of sp³-hybridized carbons (Fsp3) is 0.438. The van der Waals surface area contributed by atoms with Crippen LogP contribution in [-0.2, 0) is 6.42 Å². The molecule has 0 aliphatic rings. The Balaban J connectivity index is 2.49. The molecule has 2 rings (SSSR count). The lowest BCUT2D eigenvalue weighted by atomic mass is 10.1. The maximum Gasteiger partial charge on any atom is 0.142 e. The third-order valence-corrected chi connectivity index (χ3v) is 3.19. The van der Waals surface area contributed by atoms with E-state index in [4.69, 9.17) is 0 Å². The molecule has 0 bridgehead atoms. The fourth-order valence-corrected chi connectivity index (χ4v) is 2.14. The normalized spacial score (nSPS) is 10.7. The van der Waals surface area contributed by atoms with Gasteiger partial charge < -0.3 is 5.32 Å². The Bertz CT molecular complexity index is 613. The van der Waals surface area contributed by atoms with Crippen molar-refractivity contribution in [2.45, 2.75) is 40.0 Å². The van der Waals surface area contributed by atoms with Crippen molar-refractivity contribution in [1.82, 2.24) is 15.0 Å². The molecular formula is C16H21FN4. The first-order valence-electron chi connectivity index (χ1n) is 7.38. The van der Waals surface area contributed by atoms with E-state index in [1.54, 1.807) is 6.20 Å². The third kappa shape index (κ3) is 3.74. The van der Waals surface area contributed by atoms with E-state index in [0.29, 0.717) is 5.56 Å². The van der Waals surface area contributed by atoms with Crippen LogP contribution in [0.3, 0.4) is 0 Å². The van der Waals surface area contributed by atoms with E-state index in [2.05, 4.69) is 34.1 Å². The van der Waals surface area contributed by atoms with Gasteiger partial charge in [-0.2, -0.15) is 0 Å². The molecule has 0 spiro atoms. The summed E-state index contributed by atoms with van der Waals surface area (Å²) in [5, 5.41) is 3.32. The molecule has 0 aliphatic heterocycles. The maximum atomic E-state index is 13.4. The van der Waals surface area contributed by atoms with Crippen molar-refractivity contribution in [3.63, 3.8) is 0 Å². The summed E-state index contributed by atoms with van der Waals surface area (Å²) >= 11 is 0. The number of pyridine rings is 1. The summed E-state index contributed by atoms with van der Waals surface area (Å²) < 4.78 is 13.4. The van der Waals surface area contributed by atoms with Crippen molar-refractivity contribution in [2.75, 3.05) is 11.9 Å². The van der Waals surface area contributed by atoms with Gasteiger partial charge in [0, 0.05) is 30.3 Å². The number of hydrogen-bond donors (Lipinski definition) is 1. The molecule has 2 heterocycles. The van der Waals surface area contributed by atoms with Gasteiger partial charge in [0.2, 0.25) is 0 Å². The van der Waals surface area contributed by atoms with Crippen LogP contribution in [0.1, 0.15) is 38.1 Å². The number of rotatable bonds is 6. The number of aromatic nitrogens is 3. The molecule has 4 nitrogen and oxygen atoms in total. The minimum Gasteiger partial charge on any atom is -0.370 e. The van der Waals surface area contributed by atoms with Crippen molar-refractivity contribution in [3.05, 3.63) is 35.7 Å². The minimum atomic E-state index is -0.356. The lowest BCUT2D eigenvalue weighted by Gasteiger charge is -2.13. The molecule has 2 aromatic heterocycles. The number of halogens is 1. The molecule has 0 aliphatic carbocycles. The smallest absolute Gasteiger partial charge is 0.142 e. The van der Waals surface area contributed by atoms with E-state index < -0.39 is 0 Å². The van der Waals surface area contributed by atoms with Crippen LogP contribution in [0.15, 0.2) is 18.5 Å². The maximum absolute atomic E-state index is 13.4. The van der Waals surface area contributed by atoms with Gasteiger partial charge >= 0.3 is 0 Å². The molecule has 5 heteroatoms. The second-order valence-electron chi connectivity index (χ2n) is 5.03. The van der Waals surface area contributed by atoms with Gasteiger partial charge in [-0.1, -0.05) is 13.8 Å². The topological polar surface area (TPSA) is 50.7 Å². The monoisotopic (exact) mass is 288 g/mol. The molecule has 112 valence electrons. The quantitative estimate of drug-likeness (QED) is 0.879. The zero-order valence-electron chi connectivity index (χ0n) is 12.8. The third-order valence-electron chi connectivity index (χ3n) is 3.19. The number of nitrogens with zero attached hydrogens (tertiary/aromatic N) is 3. The summed E-state index contributed by atoms with van der Waals surface area (Å²) in [6, 6.07) is 1.46. The first-order chi connectivity index (χ1) is 10.2. The summed E-state index contributed by atoms with van der Waals surface area (Å²) in [6.07, 6.45) is 5.62. The summed E-state index contributed by atoms with van der Waals surface area (Å²) in [7, 11) is 0. The molecule has 0 amide bonds. The lowest BCUT2D eigenvalue weighted by Crippen LogP contribution is -2.09. The molecular weight excluding hydrogens is 267 g/mol. The van der Waals surface area contributed by atoms with Gasteiger partial charge in [-0.15, -0.1) is 0 Å². The zero-order valence-corrected chi connectivity index (χ0v) is 12.8. The first kappa shape index (κ1) is 15.4. The molecule has 0 atom stereocenters. The average Bonchev–Trinajstić information content (AvgIpc) is 2.47. The molecule has 0 aromatic carbocycles. The lowest BCUT2D eigenvalue weighted by molar-refractivity contribution is 0.622. The fourth-order valence-electron chi connectivity index (χ4n) is 2.14. The second-order valence-corrected chi connectivity index (χ2v) is 5.03. The van der Waals surface area contributed by atoms with E-state index in [0.717, 1.165) is 48.7 Å². The van der Waals surface area contributed by atoms with Gasteiger partial charge in [-0.25, -0.2) is 14.4 Å². The molecule has 0 radical (unpaired) electrons. The number of anilines is 1. The van der Waals surface area contributed by atoms with Crippen LogP contribution < -0.4 is 5.32 Å². The summed E-state index contributed by atoms with van der Waals surface area (Å²) in [4.78, 5) is 13.1. The molecule has 0 saturated carbocycles. The average molecular weight is 288 g/mol. The molecule has 0 unspecified atom stereocenters. The minimum absolute atomic E-state index is 0.356. The molecule has 2 aromatic rings. The predicted octanol–water partition coefficient (Wildman–Crippen LogP) is 3.76. The van der Waals surface area contributed by atoms with E-state index >= 15 is 0 Å². The number of hydrogen-bond acceptors (Lipinski definition) is 4. The molecule has 21 heavy (non-hydrogen) atoms. The van der Waals surface area contributed by atoms with Crippen LogP contribution in [0, 0.1) is 12.7 Å². The predicted molar refractivity (Wildman–Crippen MR) is 82.7 cm³/mol. The first-order valence-corrected chi connectivity index (χ1v) is 7.38. The Kier molecular flexibility index (Phi) is 5.20. The second kappa shape index (κ2) is 7.11. The van der Waals surface area contributed by atoms with Crippen LogP contribution in [-0.4, -0.2) is 21.5 Å². The van der Waals surface area contributed by atoms with Crippen molar-refractivity contribution in [1.29, 1.82) is 0 Å². The van der Waals surface area contributed by atoms with Gasteiger partial charge in [0.1, 0.15) is 17.5 Å². The van der Waals surface area contributed by atoms with Gasteiger partial charge in [0.05, 0.1) is 11.9 Å². The highest BCUT2D eigenvalue weighted by atomic mass is 19.1. The zero-order chi connectivity index (χ0) is 15.2. The van der Waals surface area contributed by atoms with Gasteiger partial charge in [-0.3, -0.25) is 4.98 Å².